The van der Waals surface area contributed by atoms with Crippen LogP contribution in [0.15, 0.2) is 71.9 Å². The van der Waals surface area contributed by atoms with E-state index >= 15 is 0 Å². The molecule has 0 fully saturated rings. The summed E-state index contributed by atoms with van der Waals surface area (Å²) >= 11 is 1.16. The van der Waals surface area contributed by atoms with Gasteiger partial charge >= 0.3 is 0 Å². The summed E-state index contributed by atoms with van der Waals surface area (Å²) in [4.78, 5) is 12.8. The van der Waals surface area contributed by atoms with Gasteiger partial charge in [-0.3, -0.25) is 9.36 Å². The van der Waals surface area contributed by atoms with Crippen molar-refractivity contribution >= 4 is 17.5 Å². The minimum Gasteiger partial charge on any atom is -0.497 e. The van der Waals surface area contributed by atoms with Crippen LogP contribution in [-0.2, 0) is 6.61 Å². The van der Waals surface area contributed by atoms with E-state index in [9.17, 15) is 9.18 Å². The summed E-state index contributed by atoms with van der Waals surface area (Å²) in [6.07, 6.45) is 0. The summed E-state index contributed by atoms with van der Waals surface area (Å²) in [5.41, 5.74) is 0.755. The third-order valence-electron chi connectivity index (χ3n) is 5.25. The topological polar surface area (TPSA) is 84.7 Å². The summed E-state index contributed by atoms with van der Waals surface area (Å²) in [7, 11) is 1.59. The van der Waals surface area contributed by atoms with E-state index in [1.165, 1.54) is 6.07 Å². The predicted molar refractivity (Wildman–Crippen MR) is 126 cm³/mol. The van der Waals surface area contributed by atoms with Crippen molar-refractivity contribution in [3.63, 3.8) is 0 Å². The van der Waals surface area contributed by atoms with Crippen LogP contribution in [0.1, 0.15) is 16.2 Å². The van der Waals surface area contributed by atoms with E-state index in [0.29, 0.717) is 39.5 Å². The molecule has 0 unspecified atom stereocenters. The van der Waals surface area contributed by atoms with Crippen molar-refractivity contribution < 1.29 is 28.1 Å². The molecule has 10 heteroatoms. The number of aromatic nitrogens is 3. The molecule has 0 aliphatic carbocycles. The zero-order valence-electron chi connectivity index (χ0n) is 18.6. The van der Waals surface area contributed by atoms with Crippen LogP contribution in [0.4, 0.5) is 4.39 Å². The molecule has 35 heavy (non-hydrogen) atoms. The van der Waals surface area contributed by atoms with Crippen LogP contribution in [0.2, 0.25) is 0 Å². The molecule has 0 atom stereocenters. The van der Waals surface area contributed by atoms with Gasteiger partial charge in [0.05, 0.1) is 18.6 Å². The van der Waals surface area contributed by atoms with Crippen LogP contribution in [0.5, 0.6) is 23.0 Å². The van der Waals surface area contributed by atoms with Gasteiger partial charge in [-0.1, -0.05) is 23.9 Å². The zero-order valence-corrected chi connectivity index (χ0v) is 19.5. The van der Waals surface area contributed by atoms with Crippen LogP contribution >= 0.6 is 11.8 Å². The van der Waals surface area contributed by atoms with Gasteiger partial charge in [-0.25, -0.2) is 4.39 Å². The highest BCUT2D eigenvalue weighted by Crippen LogP contribution is 2.33. The first kappa shape index (κ1) is 22.7. The van der Waals surface area contributed by atoms with Gasteiger partial charge in [-0.15, -0.1) is 10.2 Å². The maximum absolute atomic E-state index is 14.7. The van der Waals surface area contributed by atoms with Gasteiger partial charge in [-0.2, -0.15) is 0 Å². The third kappa shape index (κ3) is 4.92. The molecule has 1 aromatic heterocycles. The molecule has 1 aliphatic heterocycles. The van der Waals surface area contributed by atoms with E-state index in [2.05, 4.69) is 10.2 Å². The van der Waals surface area contributed by atoms with Crippen molar-refractivity contribution in [1.29, 1.82) is 0 Å². The van der Waals surface area contributed by atoms with E-state index < -0.39 is 5.82 Å². The molecule has 178 valence electrons. The van der Waals surface area contributed by atoms with E-state index in [1.54, 1.807) is 72.3 Å². The van der Waals surface area contributed by atoms with E-state index in [0.717, 1.165) is 11.8 Å². The molecule has 0 saturated heterocycles. The number of benzene rings is 3. The zero-order chi connectivity index (χ0) is 24.2. The summed E-state index contributed by atoms with van der Waals surface area (Å²) in [6, 6.07) is 18.4. The minimum atomic E-state index is -0.443. The Balaban J connectivity index is 1.36. The van der Waals surface area contributed by atoms with Crippen molar-refractivity contribution in [1.82, 2.24) is 14.8 Å². The average Bonchev–Trinajstić information content (AvgIpc) is 3.53. The lowest BCUT2D eigenvalue weighted by atomic mass is 10.1. The third-order valence-corrected chi connectivity index (χ3v) is 6.18. The number of para-hydroxylation sites is 1. The van der Waals surface area contributed by atoms with E-state index in [1.807, 2.05) is 0 Å². The molecule has 2 heterocycles. The molecule has 0 radical (unpaired) electrons. The maximum Gasteiger partial charge on any atom is 0.231 e. The van der Waals surface area contributed by atoms with Gasteiger partial charge < -0.3 is 18.9 Å². The van der Waals surface area contributed by atoms with Crippen molar-refractivity contribution in [3.8, 4) is 28.7 Å². The number of Topliss-reactive ketones (excluding diaryl/α,β-unsaturated/α-hetero) is 1. The van der Waals surface area contributed by atoms with Crippen molar-refractivity contribution in [3.05, 3.63) is 83.9 Å². The molecular weight excluding hydrogens is 473 g/mol. The fraction of sp³-hybridized carbons (Fsp3) is 0.160. The van der Waals surface area contributed by atoms with Crippen molar-refractivity contribution in [2.75, 3.05) is 19.7 Å². The number of nitrogens with zero attached hydrogens (tertiary/aromatic N) is 3. The van der Waals surface area contributed by atoms with Gasteiger partial charge in [0.1, 0.15) is 23.9 Å². The van der Waals surface area contributed by atoms with Crippen molar-refractivity contribution in [2.45, 2.75) is 11.8 Å². The van der Waals surface area contributed by atoms with Gasteiger partial charge in [-0.05, 0) is 54.6 Å². The number of halogens is 1. The molecule has 0 amide bonds. The summed E-state index contributed by atoms with van der Waals surface area (Å²) in [5, 5.41) is 8.79. The summed E-state index contributed by atoms with van der Waals surface area (Å²) in [5.74, 6) is 2.34. The molecule has 0 spiro atoms. The Kier molecular flexibility index (Phi) is 6.53. The second-order valence-electron chi connectivity index (χ2n) is 7.43. The van der Waals surface area contributed by atoms with Gasteiger partial charge in [0.2, 0.25) is 6.79 Å². The number of carbonyl (C=O) groups excluding carboxylic acids is 1. The number of methoxy groups -OCH3 is 1. The first-order valence-corrected chi connectivity index (χ1v) is 11.6. The predicted octanol–water partition coefficient (Wildman–Crippen LogP) is 4.70. The van der Waals surface area contributed by atoms with Gasteiger partial charge in [0, 0.05) is 5.56 Å². The van der Waals surface area contributed by atoms with E-state index in [4.69, 9.17) is 18.9 Å². The number of thioether (sulfide) groups is 1. The normalized spacial score (nSPS) is 11.9. The molecule has 0 saturated carbocycles. The molecule has 1 aliphatic rings. The van der Waals surface area contributed by atoms with Gasteiger partial charge in [0.25, 0.3) is 0 Å². The Morgan fingerprint density at radius 2 is 1.80 bits per heavy atom. The number of fused-ring (bicyclic) bond motifs is 1. The number of carbonyl (C=O) groups is 1. The first-order valence-electron chi connectivity index (χ1n) is 10.6. The second-order valence-corrected chi connectivity index (χ2v) is 8.37. The van der Waals surface area contributed by atoms with Gasteiger partial charge in [0.15, 0.2) is 28.3 Å². The molecule has 0 bridgehead atoms. The second kappa shape index (κ2) is 10.1. The van der Waals surface area contributed by atoms with E-state index in [-0.39, 0.29) is 30.6 Å². The summed E-state index contributed by atoms with van der Waals surface area (Å²) in [6.45, 7) is 0.180. The van der Waals surface area contributed by atoms with Crippen LogP contribution < -0.4 is 18.9 Å². The Labute approximate surface area is 204 Å². The first-order chi connectivity index (χ1) is 17.1. The minimum absolute atomic E-state index is 0.0460. The fourth-order valence-corrected chi connectivity index (χ4v) is 4.32. The number of hydrogen-bond acceptors (Lipinski definition) is 8. The highest BCUT2D eigenvalue weighted by atomic mass is 32.2. The standard InChI is InChI=1S/C25H20FN3O5S/c1-31-17-7-9-18(10-8-17)32-13-24-27-28-25(29(24)20-5-3-2-4-19(20)26)35-14-21(30)16-6-11-22-23(12-16)34-15-33-22/h2-12H,13-15H2,1H3. The monoisotopic (exact) mass is 493 g/mol. The van der Waals surface area contributed by atoms with Crippen LogP contribution in [0.25, 0.3) is 5.69 Å². The Bertz CT molecular complexity index is 1360. The quantitative estimate of drug-likeness (QED) is 0.245. The Morgan fingerprint density at radius 1 is 1.03 bits per heavy atom. The van der Waals surface area contributed by atoms with Crippen LogP contribution in [0, 0.1) is 5.82 Å². The summed E-state index contributed by atoms with van der Waals surface area (Å²) < 4.78 is 37.9. The lowest BCUT2D eigenvalue weighted by molar-refractivity contribution is 0.102. The molecule has 0 N–H and O–H groups in total. The smallest absolute Gasteiger partial charge is 0.231 e. The Hall–Kier alpha value is -4.05. The SMILES string of the molecule is COc1ccc(OCc2nnc(SCC(=O)c3ccc4c(c3)OCO4)n2-c2ccccc2F)cc1. The number of rotatable bonds is 9. The molecule has 5 rings (SSSR count). The number of ketones is 1. The molecular formula is C25H20FN3O5S. The van der Waals surface area contributed by atoms with Crippen LogP contribution in [-0.4, -0.2) is 40.2 Å². The van der Waals surface area contributed by atoms with Crippen LogP contribution in [0.3, 0.4) is 0 Å². The fourth-order valence-electron chi connectivity index (χ4n) is 3.47. The number of ether oxygens (including phenoxy) is 4. The lowest BCUT2D eigenvalue weighted by Gasteiger charge is -2.12. The highest BCUT2D eigenvalue weighted by Gasteiger charge is 2.21. The maximum atomic E-state index is 14.7. The molecule has 4 aromatic rings. The molecule has 3 aromatic carbocycles. The molecule has 8 nitrogen and oxygen atoms in total. The van der Waals surface area contributed by atoms with Crippen molar-refractivity contribution in [2.24, 2.45) is 0 Å². The average molecular weight is 494 g/mol. The Morgan fingerprint density at radius 3 is 2.60 bits per heavy atom. The largest absolute Gasteiger partial charge is 0.497 e. The lowest BCUT2D eigenvalue weighted by Crippen LogP contribution is -2.09. The highest BCUT2D eigenvalue weighted by molar-refractivity contribution is 7.99. The number of hydrogen-bond donors (Lipinski definition) is 0.